The maximum Gasteiger partial charge on any atom is 0.126 e. The van der Waals surface area contributed by atoms with E-state index >= 15 is 0 Å². The lowest BCUT2D eigenvalue weighted by atomic mass is 10.1. The lowest BCUT2D eigenvalue weighted by molar-refractivity contribution is 0.685. The van der Waals surface area contributed by atoms with Gasteiger partial charge in [0.05, 0.1) is 17.4 Å². The predicted octanol–water partition coefficient (Wildman–Crippen LogP) is 2.98. The second kappa shape index (κ2) is 4.25. The molecule has 0 aliphatic heterocycles. The van der Waals surface area contributed by atoms with E-state index in [1.54, 1.807) is 0 Å². The second-order valence-electron chi connectivity index (χ2n) is 5.25. The summed E-state index contributed by atoms with van der Waals surface area (Å²) in [5.41, 5.74) is 9.58. The van der Waals surface area contributed by atoms with Crippen LogP contribution in [0.2, 0.25) is 0 Å². The summed E-state index contributed by atoms with van der Waals surface area (Å²) in [6.45, 7) is 2.20. The van der Waals surface area contributed by atoms with Gasteiger partial charge in [0.2, 0.25) is 0 Å². The van der Waals surface area contributed by atoms with Gasteiger partial charge in [-0.3, -0.25) is 0 Å². The predicted molar refractivity (Wildman–Crippen MR) is 73.1 cm³/mol. The van der Waals surface area contributed by atoms with Gasteiger partial charge in [0.1, 0.15) is 5.82 Å². The van der Waals surface area contributed by atoms with Gasteiger partial charge in [-0.1, -0.05) is 37.6 Å². The molecule has 18 heavy (non-hydrogen) atoms. The van der Waals surface area contributed by atoms with Crippen LogP contribution < -0.4 is 5.73 Å². The fourth-order valence-electron chi connectivity index (χ4n) is 2.23. The minimum absolute atomic E-state index is 0.180. The molecule has 3 rings (SSSR count). The lowest BCUT2D eigenvalue weighted by Gasteiger charge is -2.04. The molecule has 1 aromatic carbocycles. The number of aromatic nitrogens is 2. The van der Waals surface area contributed by atoms with Crippen LogP contribution in [0.1, 0.15) is 37.6 Å². The van der Waals surface area contributed by atoms with Crippen LogP contribution in [-0.4, -0.2) is 9.97 Å². The van der Waals surface area contributed by atoms with Gasteiger partial charge in [-0.25, -0.2) is 4.98 Å². The Labute approximate surface area is 107 Å². The quantitative estimate of drug-likeness (QED) is 0.864. The standard InChI is InChI=1S/C15H19N3/c1-2-3-11-4-6-12(7-5-11)13-10-17-14(18-13)15(16)8-9-15/h4-7,10H,2-3,8-9,16H2,1H3,(H,17,18). The average Bonchev–Trinajstić information content (AvgIpc) is 2.95. The molecule has 2 aromatic rings. The molecule has 0 unspecified atom stereocenters. The van der Waals surface area contributed by atoms with E-state index in [0.29, 0.717) is 0 Å². The van der Waals surface area contributed by atoms with Crippen molar-refractivity contribution in [1.82, 2.24) is 9.97 Å². The summed E-state index contributed by atoms with van der Waals surface area (Å²) in [6.07, 6.45) is 6.28. The first-order valence-corrected chi connectivity index (χ1v) is 6.65. The molecule has 1 saturated carbocycles. The molecule has 3 N–H and O–H groups in total. The van der Waals surface area contributed by atoms with Crippen LogP contribution in [0.4, 0.5) is 0 Å². The Morgan fingerprint density at radius 1 is 1.28 bits per heavy atom. The Balaban J connectivity index is 1.83. The number of hydrogen-bond acceptors (Lipinski definition) is 2. The number of nitrogens with one attached hydrogen (secondary N) is 1. The summed E-state index contributed by atoms with van der Waals surface area (Å²) in [5, 5.41) is 0. The van der Waals surface area contributed by atoms with Crippen LogP contribution >= 0.6 is 0 Å². The van der Waals surface area contributed by atoms with Crippen molar-refractivity contribution in [3.8, 4) is 11.3 Å². The molecule has 1 heterocycles. The number of nitrogens with zero attached hydrogens (tertiary/aromatic N) is 1. The van der Waals surface area contributed by atoms with Gasteiger partial charge in [0, 0.05) is 0 Å². The molecular weight excluding hydrogens is 222 g/mol. The normalized spacial score (nSPS) is 16.8. The van der Waals surface area contributed by atoms with Gasteiger partial charge in [-0.15, -0.1) is 0 Å². The van der Waals surface area contributed by atoms with Crippen molar-refractivity contribution in [3.63, 3.8) is 0 Å². The van der Waals surface area contributed by atoms with E-state index in [-0.39, 0.29) is 5.54 Å². The van der Waals surface area contributed by atoms with Gasteiger partial charge < -0.3 is 10.7 Å². The number of imidazole rings is 1. The van der Waals surface area contributed by atoms with Crippen LogP contribution in [0.3, 0.4) is 0 Å². The minimum atomic E-state index is -0.180. The Bertz CT molecular complexity index is 535. The number of hydrogen-bond donors (Lipinski definition) is 2. The molecule has 3 nitrogen and oxygen atoms in total. The largest absolute Gasteiger partial charge is 0.340 e. The number of rotatable bonds is 4. The fraction of sp³-hybridized carbons (Fsp3) is 0.400. The zero-order valence-corrected chi connectivity index (χ0v) is 10.7. The topological polar surface area (TPSA) is 54.7 Å². The highest BCUT2D eigenvalue weighted by Gasteiger charge is 2.42. The van der Waals surface area contributed by atoms with Gasteiger partial charge in [0.15, 0.2) is 0 Å². The third kappa shape index (κ3) is 2.06. The molecule has 0 bridgehead atoms. The van der Waals surface area contributed by atoms with Crippen molar-refractivity contribution < 1.29 is 0 Å². The monoisotopic (exact) mass is 241 g/mol. The molecular formula is C15H19N3. The third-order valence-corrected chi connectivity index (χ3v) is 3.64. The van der Waals surface area contributed by atoms with Crippen molar-refractivity contribution in [2.75, 3.05) is 0 Å². The van der Waals surface area contributed by atoms with E-state index in [4.69, 9.17) is 5.73 Å². The molecule has 0 atom stereocenters. The van der Waals surface area contributed by atoms with Crippen molar-refractivity contribution in [1.29, 1.82) is 0 Å². The lowest BCUT2D eigenvalue weighted by Crippen LogP contribution is -2.20. The van der Waals surface area contributed by atoms with Gasteiger partial charge >= 0.3 is 0 Å². The number of benzene rings is 1. The van der Waals surface area contributed by atoms with Crippen molar-refractivity contribution in [2.24, 2.45) is 5.73 Å². The number of H-pyrrole nitrogens is 1. The molecule has 3 heteroatoms. The van der Waals surface area contributed by atoms with E-state index < -0.39 is 0 Å². The van der Waals surface area contributed by atoms with E-state index in [2.05, 4.69) is 41.2 Å². The number of nitrogens with two attached hydrogens (primary N) is 1. The van der Waals surface area contributed by atoms with Crippen LogP contribution in [0.5, 0.6) is 0 Å². The van der Waals surface area contributed by atoms with E-state index in [0.717, 1.165) is 30.8 Å². The van der Waals surface area contributed by atoms with E-state index in [1.165, 1.54) is 17.5 Å². The molecule has 0 spiro atoms. The van der Waals surface area contributed by atoms with Crippen LogP contribution in [0.15, 0.2) is 30.5 Å². The van der Waals surface area contributed by atoms with Crippen molar-refractivity contribution in [3.05, 3.63) is 41.9 Å². The Morgan fingerprint density at radius 3 is 2.61 bits per heavy atom. The summed E-state index contributed by atoms with van der Waals surface area (Å²) in [5.74, 6) is 0.926. The zero-order valence-electron chi connectivity index (χ0n) is 10.7. The molecule has 1 aromatic heterocycles. The smallest absolute Gasteiger partial charge is 0.126 e. The Morgan fingerprint density at radius 2 is 2.00 bits per heavy atom. The first-order valence-electron chi connectivity index (χ1n) is 6.65. The highest BCUT2D eigenvalue weighted by Crippen LogP contribution is 2.41. The first kappa shape index (κ1) is 11.5. The average molecular weight is 241 g/mol. The number of aryl methyl sites for hydroxylation is 1. The SMILES string of the molecule is CCCc1ccc(-c2cnc(C3(N)CC3)[nH]2)cc1. The second-order valence-corrected chi connectivity index (χ2v) is 5.25. The minimum Gasteiger partial charge on any atom is -0.340 e. The third-order valence-electron chi connectivity index (χ3n) is 3.64. The Hall–Kier alpha value is -1.61. The number of aromatic amines is 1. The first-order chi connectivity index (χ1) is 8.71. The summed E-state index contributed by atoms with van der Waals surface area (Å²) >= 11 is 0. The van der Waals surface area contributed by atoms with E-state index in [9.17, 15) is 0 Å². The molecule has 0 saturated heterocycles. The van der Waals surface area contributed by atoms with Crippen LogP contribution in [0.25, 0.3) is 11.3 Å². The maximum atomic E-state index is 6.13. The molecule has 94 valence electrons. The molecule has 1 fully saturated rings. The van der Waals surface area contributed by atoms with Crippen LogP contribution in [-0.2, 0) is 12.0 Å². The van der Waals surface area contributed by atoms with Gasteiger partial charge in [0.25, 0.3) is 0 Å². The summed E-state index contributed by atoms with van der Waals surface area (Å²) in [7, 11) is 0. The zero-order chi connectivity index (χ0) is 12.6. The highest BCUT2D eigenvalue weighted by molar-refractivity contribution is 5.59. The molecule has 0 amide bonds. The van der Waals surface area contributed by atoms with Gasteiger partial charge in [-0.05, 0) is 30.4 Å². The molecule has 1 aliphatic carbocycles. The Kier molecular flexibility index (Phi) is 2.71. The molecule has 1 aliphatic rings. The van der Waals surface area contributed by atoms with E-state index in [1.807, 2.05) is 6.20 Å². The van der Waals surface area contributed by atoms with Crippen molar-refractivity contribution >= 4 is 0 Å². The maximum absolute atomic E-state index is 6.13. The van der Waals surface area contributed by atoms with Crippen LogP contribution in [0, 0.1) is 0 Å². The summed E-state index contributed by atoms with van der Waals surface area (Å²) in [4.78, 5) is 7.75. The van der Waals surface area contributed by atoms with Crippen molar-refractivity contribution in [2.45, 2.75) is 38.1 Å². The highest BCUT2D eigenvalue weighted by atomic mass is 15.0. The summed E-state index contributed by atoms with van der Waals surface area (Å²) < 4.78 is 0. The molecule has 0 radical (unpaired) electrons. The van der Waals surface area contributed by atoms with Gasteiger partial charge in [-0.2, -0.15) is 0 Å². The summed E-state index contributed by atoms with van der Waals surface area (Å²) in [6, 6.07) is 8.68. The fourth-order valence-corrected chi connectivity index (χ4v) is 2.23.